The molecule has 0 saturated carbocycles. The molecule has 0 bridgehead atoms. The molecule has 0 aromatic heterocycles. The number of amides is 1. The number of hydrogen-bond donors (Lipinski definition) is 2. The number of ether oxygens (including phenoxy) is 1. The molecule has 1 aromatic rings. The summed E-state index contributed by atoms with van der Waals surface area (Å²) >= 11 is 3.18. The lowest BCUT2D eigenvalue weighted by Crippen LogP contribution is -2.09. The fraction of sp³-hybridized carbons (Fsp3) is 0.167. The normalized spacial score (nSPS) is 10.3. The first-order chi connectivity index (χ1) is 8.52. The zero-order valence-electron chi connectivity index (χ0n) is 9.64. The van der Waals surface area contributed by atoms with Gasteiger partial charge < -0.3 is 15.2 Å². The minimum atomic E-state index is -1.06. The Hall–Kier alpha value is -1.82. The van der Waals surface area contributed by atoms with Gasteiger partial charge in [-0.3, -0.25) is 4.79 Å². The highest BCUT2D eigenvalue weighted by Crippen LogP contribution is 2.19. The molecule has 0 unspecified atom stereocenters. The SMILES string of the molecule is CCOC=CC(=O)Nc1cc(Br)cc(C(=O)O)c1. The average molecular weight is 314 g/mol. The molecule has 2 N–H and O–H groups in total. The predicted octanol–water partition coefficient (Wildman–Crippen LogP) is 2.64. The van der Waals surface area contributed by atoms with E-state index in [2.05, 4.69) is 21.2 Å². The van der Waals surface area contributed by atoms with Crippen molar-refractivity contribution in [3.63, 3.8) is 0 Å². The van der Waals surface area contributed by atoms with Gasteiger partial charge >= 0.3 is 5.97 Å². The van der Waals surface area contributed by atoms with Gasteiger partial charge in [0.25, 0.3) is 5.91 Å². The van der Waals surface area contributed by atoms with Gasteiger partial charge in [0.1, 0.15) is 0 Å². The molecule has 96 valence electrons. The van der Waals surface area contributed by atoms with Crippen LogP contribution in [0.25, 0.3) is 0 Å². The Morgan fingerprint density at radius 1 is 1.44 bits per heavy atom. The Kier molecular flexibility index (Phi) is 5.38. The zero-order valence-corrected chi connectivity index (χ0v) is 11.2. The van der Waals surface area contributed by atoms with Gasteiger partial charge in [-0.25, -0.2) is 4.79 Å². The van der Waals surface area contributed by atoms with Crippen LogP contribution in [-0.2, 0) is 9.53 Å². The zero-order chi connectivity index (χ0) is 13.5. The number of carboxylic acid groups (broad SMARTS) is 1. The van der Waals surface area contributed by atoms with E-state index in [4.69, 9.17) is 9.84 Å². The van der Waals surface area contributed by atoms with Crippen molar-refractivity contribution in [2.75, 3.05) is 11.9 Å². The Bertz CT molecular complexity index is 485. The third-order valence-corrected chi connectivity index (χ3v) is 2.35. The van der Waals surface area contributed by atoms with Crippen LogP contribution in [0.3, 0.4) is 0 Å². The number of carbonyl (C=O) groups is 2. The molecule has 0 aliphatic carbocycles. The molecule has 0 atom stereocenters. The van der Waals surface area contributed by atoms with Crippen molar-refractivity contribution in [3.05, 3.63) is 40.6 Å². The molecular weight excluding hydrogens is 302 g/mol. The molecule has 1 amide bonds. The molecule has 0 fully saturated rings. The number of carboxylic acids is 1. The third kappa shape index (κ3) is 4.58. The van der Waals surface area contributed by atoms with E-state index in [0.717, 1.165) is 0 Å². The fourth-order valence-electron chi connectivity index (χ4n) is 1.18. The predicted molar refractivity (Wildman–Crippen MR) is 70.5 cm³/mol. The molecule has 0 heterocycles. The standard InChI is InChI=1S/C12H12BrNO4/c1-2-18-4-3-11(15)14-10-6-8(12(16)17)5-9(13)7-10/h3-7H,2H2,1H3,(H,14,15)(H,16,17). The molecular formula is C12H12BrNO4. The number of benzene rings is 1. The van der Waals surface area contributed by atoms with Gasteiger partial charge in [0.05, 0.1) is 18.4 Å². The van der Waals surface area contributed by atoms with Crippen molar-refractivity contribution < 1.29 is 19.4 Å². The van der Waals surface area contributed by atoms with Crippen LogP contribution >= 0.6 is 15.9 Å². The summed E-state index contributed by atoms with van der Waals surface area (Å²) in [5, 5.41) is 11.4. The second-order valence-electron chi connectivity index (χ2n) is 3.28. The quantitative estimate of drug-likeness (QED) is 0.647. The van der Waals surface area contributed by atoms with Gasteiger partial charge in [0.15, 0.2) is 0 Å². The van der Waals surface area contributed by atoms with E-state index in [-0.39, 0.29) is 5.56 Å². The number of halogens is 1. The second-order valence-corrected chi connectivity index (χ2v) is 4.20. The summed E-state index contributed by atoms with van der Waals surface area (Å²) in [6.07, 6.45) is 2.51. The average Bonchev–Trinajstić information content (AvgIpc) is 2.28. The van der Waals surface area contributed by atoms with Crippen LogP contribution < -0.4 is 5.32 Å². The van der Waals surface area contributed by atoms with E-state index in [1.165, 1.54) is 24.5 Å². The molecule has 6 heteroatoms. The highest BCUT2D eigenvalue weighted by molar-refractivity contribution is 9.10. The van der Waals surface area contributed by atoms with E-state index in [9.17, 15) is 9.59 Å². The number of hydrogen-bond acceptors (Lipinski definition) is 3. The lowest BCUT2D eigenvalue weighted by Gasteiger charge is -2.04. The Morgan fingerprint density at radius 3 is 2.78 bits per heavy atom. The van der Waals surface area contributed by atoms with Gasteiger partial charge in [-0.05, 0) is 25.1 Å². The molecule has 18 heavy (non-hydrogen) atoms. The van der Waals surface area contributed by atoms with Crippen molar-refractivity contribution in [2.45, 2.75) is 6.92 Å². The number of nitrogens with one attached hydrogen (secondary N) is 1. The molecule has 1 aromatic carbocycles. The molecule has 0 aliphatic rings. The van der Waals surface area contributed by atoms with E-state index < -0.39 is 11.9 Å². The van der Waals surface area contributed by atoms with Crippen LogP contribution in [0.1, 0.15) is 17.3 Å². The van der Waals surface area contributed by atoms with Crippen LogP contribution in [0.5, 0.6) is 0 Å². The van der Waals surface area contributed by atoms with Gasteiger partial charge in [-0.15, -0.1) is 0 Å². The highest BCUT2D eigenvalue weighted by Gasteiger charge is 2.07. The first-order valence-corrected chi connectivity index (χ1v) is 5.95. The number of carbonyl (C=O) groups excluding carboxylic acids is 1. The molecule has 0 aliphatic heterocycles. The second kappa shape index (κ2) is 6.80. The minimum Gasteiger partial charge on any atom is -0.501 e. The van der Waals surface area contributed by atoms with Gasteiger partial charge in [0, 0.05) is 16.2 Å². The topological polar surface area (TPSA) is 75.6 Å². The maximum atomic E-state index is 11.4. The van der Waals surface area contributed by atoms with E-state index in [1.807, 2.05) is 0 Å². The van der Waals surface area contributed by atoms with Crippen molar-refractivity contribution in [1.82, 2.24) is 0 Å². The number of anilines is 1. The van der Waals surface area contributed by atoms with Crippen LogP contribution in [0, 0.1) is 0 Å². The van der Waals surface area contributed by atoms with Crippen LogP contribution in [-0.4, -0.2) is 23.6 Å². The van der Waals surface area contributed by atoms with Crippen molar-refractivity contribution in [3.8, 4) is 0 Å². The first kappa shape index (κ1) is 14.2. The maximum Gasteiger partial charge on any atom is 0.335 e. The third-order valence-electron chi connectivity index (χ3n) is 1.89. The van der Waals surface area contributed by atoms with Crippen molar-refractivity contribution in [1.29, 1.82) is 0 Å². The summed E-state index contributed by atoms with van der Waals surface area (Å²) in [6, 6.07) is 4.44. The molecule has 1 rings (SSSR count). The minimum absolute atomic E-state index is 0.0912. The summed E-state index contributed by atoms with van der Waals surface area (Å²) in [6.45, 7) is 2.28. The Morgan fingerprint density at radius 2 is 2.17 bits per heavy atom. The summed E-state index contributed by atoms with van der Waals surface area (Å²) in [7, 11) is 0. The lowest BCUT2D eigenvalue weighted by atomic mass is 10.2. The van der Waals surface area contributed by atoms with E-state index in [0.29, 0.717) is 16.8 Å². The molecule has 0 radical (unpaired) electrons. The Labute approximate surface area is 113 Å². The number of aromatic carboxylic acids is 1. The number of rotatable bonds is 5. The largest absolute Gasteiger partial charge is 0.501 e. The van der Waals surface area contributed by atoms with E-state index >= 15 is 0 Å². The lowest BCUT2D eigenvalue weighted by molar-refractivity contribution is -0.112. The first-order valence-electron chi connectivity index (χ1n) is 5.16. The molecule has 5 nitrogen and oxygen atoms in total. The summed E-state index contributed by atoms with van der Waals surface area (Å²) in [5.74, 6) is -1.45. The molecule has 0 saturated heterocycles. The van der Waals surface area contributed by atoms with Crippen molar-refractivity contribution >= 4 is 33.5 Å². The Balaban J connectivity index is 2.78. The van der Waals surface area contributed by atoms with Gasteiger partial charge in [-0.1, -0.05) is 15.9 Å². The van der Waals surface area contributed by atoms with Crippen LogP contribution in [0.15, 0.2) is 35.0 Å². The maximum absolute atomic E-state index is 11.4. The summed E-state index contributed by atoms with van der Waals surface area (Å²) < 4.78 is 5.46. The van der Waals surface area contributed by atoms with Crippen LogP contribution in [0.2, 0.25) is 0 Å². The van der Waals surface area contributed by atoms with Gasteiger partial charge in [0.2, 0.25) is 0 Å². The van der Waals surface area contributed by atoms with Gasteiger partial charge in [-0.2, -0.15) is 0 Å². The summed E-state index contributed by atoms with van der Waals surface area (Å²) in [5.41, 5.74) is 0.487. The van der Waals surface area contributed by atoms with E-state index in [1.54, 1.807) is 13.0 Å². The fourth-order valence-corrected chi connectivity index (χ4v) is 1.67. The summed E-state index contributed by atoms with van der Waals surface area (Å²) in [4.78, 5) is 22.3. The van der Waals surface area contributed by atoms with Crippen molar-refractivity contribution in [2.24, 2.45) is 0 Å². The molecule has 0 spiro atoms. The monoisotopic (exact) mass is 313 g/mol. The highest BCUT2D eigenvalue weighted by atomic mass is 79.9. The smallest absolute Gasteiger partial charge is 0.335 e. The van der Waals surface area contributed by atoms with Crippen LogP contribution in [0.4, 0.5) is 5.69 Å².